The third-order valence-corrected chi connectivity index (χ3v) is 5.48. The van der Waals surface area contributed by atoms with Crippen LogP contribution in [0.4, 0.5) is 5.69 Å². The molecular formula is C27H42N2O3. The van der Waals surface area contributed by atoms with Gasteiger partial charge in [0.1, 0.15) is 11.2 Å². The zero-order valence-electron chi connectivity index (χ0n) is 21.1. The molecule has 0 aromatic heterocycles. The number of hydrogen-bond acceptors (Lipinski definition) is 3. The highest BCUT2D eigenvalue weighted by molar-refractivity contribution is 6.13. The third kappa shape index (κ3) is 7.70. The van der Waals surface area contributed by atoms with Crippen LogP contribution in [0.1, 0.15) is 68.2 Å². The van der Waals surface area contributed by atoms with Gasteiger partial charge in [0.2, 0.25) is 11.8 Å². The molecule has 1 aromatic rings. The van der Waals surface area contributed by atoms with Crippen LogP contribution in [0, 0.1) is 11.3 Å². The molecule has 3 N–H and O–H groups in total. The molecule has 0 aliphatic heterocycles. The van der Waals surface area contributed by atoms with Crippen LogP contribution in [0.25, 0.3) is 0 Å². The number of phenols is 1. The largest absolute Gasteiger partial charge is 0.508 e. The number of amides is 2. The van der Waals surface area contributed by atoms with E-state index in [9.17, 15) is 14.7 Å². The van der Waals surface area contributed by atoms with Crippen LogP contribution in [0.5, 0.6) is 5.75 Å². The van der Waals surface area contributed by atoms with Crippen molar-refractivity contribution in [3.05, 3.63) is 60.7 Å². The van der Waals surface area contributed by atoms with E-state index in [0.29, 0.717) is 18.5 Å². The van der Waals surface area contributed by atoms with Crippen LogP contribution < -0.4 is 10.6 Å². The van der Waals surface area contributed by atoms with Crippen molar-refractivity contribution in [3.8, 4) is 5.75 Å². The Bertz CT molecular complexity index is 801. The lowest BCUT2D eigenvalue weighted by Gasteiger charge is -2.35. The first-order valence-electron chi connectivity index (χ1n) is 11.5. The molecule has 5 nitrogen and oxygen atoms in total. The molecule has 0 radical (unpaired) electrons. The molecule has 32 heavy (non-hydrogen) atoms. The second-order valence-electron chi connectivity index (χ2n) is 7.88. The van der Waals surface area contributed by atoms with E-state index in [1.807, 2.05) is 73.6 Å². The van der Waals surface area contributed by atoms with Crippen molar-refractivity contribution in [2.45, 2.75) is 73.8 Å². The Labute approximate surface area is 194 Å². The maximum absolute atomic E-state index is 13.0. The Kier molecular flexibility index (Phi) is 12.4. The van der Waals surface area contributed by atoms with Crippen molar-refractivity contribution < 1.29 is 14.7 Å². The summed E-state index contributed by atoms with van der Waals surface area (Å²) >= 11 is 0. The number of carbonyl (C=O) groups excluding carboxylic acids is 2. The summed E-state index contributed by atoms with van der Waals surface area (Å²) in [6, 6.07) is 6.20. The monoisotopic (exact) mass is 442 g/mol. The molecule has 0 saturated heterocycles. The molecule has 1 saturated carbocycles. The molecule has 1 aliphatic carbocycles. The van der Waals surface area contributed by atoms with Crippen LogP contribution >= 0.6 is 0 Å². The lowest BCUT2D eigenvalue weighted by molar-refractivity contribution is -0.135. The van der Waals surface area contributed by atoms with E-state index in [1.165, 1.54) is 12.1 Å². The van der Waals surface area contributed by atoms with Crippen LogP contribution in [-0.2, 0) is 9.59 Å². The molecule has 5 heteroatoms. The van der Waals surface area contributed by atoms with Gasteiger partial charge in [-0.2, -0.15) is 0 Å². The molecule has 1 unspecified atom stereocenters. The zero-order valence-corrected chi connectivity index (χ0v) is 21.1. The predicted molar refractivity (Wildman–Crippen MR) is 136 cm³/mol. The highest BCUT2D eigenvalue weighted by atomic mass is 16.3. The Morgan fingerprint density at radius 1 is 1.09 bits per heavy atom. The van der Waals surface area contributed by atoms with Crippen molar-refractivity contribution in [2.24, 2.45) is 11.3 Å². The summed E-state index contributed by atoms with van der Waals surface area (Å²) in [6.07, 6.45) is 8.71. The summed E-state index contributed by atoms with van der Waals surface area (Å²) in [4.78, 5) is 25.7. The van der Waals surface area contributed by atoms with Gasteiger partial charge in [-0.3, -0.25) is 9.59 Å². The normalized spacial score (nSPS) is 15.3. The second-order valence-corrected chi connectivity index (χ2v) is 7.88. The van der Waals surface area contributed by atoms with Crippen LogP contribution in [0.15, 0.2) is 60.7 Å². The maximum atomic E-state index is 13.0. The van der Waals surface area contributed by atoms with Gasteiger partial charge in [-0.1, -0.05) is 65.5 Å². The average Bonchev–Trinajstić information content (AvgIpc) is 3.60. The minimum absolute atomic E-state index is 0.0149. The predicted octanol–water partition coefficient (Wildman–Crippen LogP) is 6.38. The van der Waals surface area contributed by atoms with Gasteiger partial charge in [0.25, 0.3) is 0 Å². The number of nitrogens with one attached hydrogen (secondary N) is 2. The minimum atomic E-state index is -1.03. The van der Waals surface area contributed by atoms with Crippen LogP contribution in [0.3, 0.4) is 0 Å². The number of phenolic OH excluding ortho intramolecular Hbond substituents is 1. The molecule has 2 rings (SSSR count). The standard InChI is InChI=1S/C23H30N2O3.2C2H6/c1-6-8-9-17(7-2)16(3)22(4,5)25-21(28)23(14-15-23)20(27)24-18-10-12-19(26)13-11-18;2*1-2/h6-13,16,26H,2,14-15H2,1,3-5H3,(H,24,27)(H,25,28);2*1-2H3/b8-6-,17-9+;;. The molecule has 0 spiro atoms. The molecule has 1 aromatic carbocycles. The maximum Gasteiger partial charge on any atom is 0.240 e. The van der Waals surface area contributed by atoms with Gasteiger partial charge in [0, 0.05) is 17.1 Å². The van der Waals surface area contributed by atoms with Gasteiger partial charge in [-0.15, -0.1) is 0 Å². The molecule has 1 atom stereocenters. The number of aromatic hydroxyl groups is 1. The van der Waals surface area contributed by atoms with Gasteiger partial charge in [-0.05, 0) is 63.5 Å². The number of carbonyl (C=O) groups is 2. The van der Waals surface area contributed by atoms with Gasteiger partial charge >= 0.3 is 0 Å². The Morgan fingerprint density at radius 2 is 1.62 bits per heavy atom. The van der Waals surface area contributed by atoms with Gasteiger partial charge in [0.15, 0.2) is 0 Å². The summed E-state index contributed by atoms with van der Waals surface area (Å²) in [7, 11) is 0. The van der Waals surface area contributed by atoms with E-state index >= 15 is 0 Å². The van der Waals surface area contributed by atoms with Crippen molar-refractivity contribution in [3.63, 3.8) is 0 Å². The van der Waals surface area contributed by atoms with Gasteiger partial charge in [0.05, 0.1) is 0 Å². The molecule has 2 amide bonds. The molecule has 1 aliphatic rings. The van der Waals surface area contributed by atoms with Crippen molar-refractivity contribution in [2.75, 3.05) is 5.32 Å². The Morgan fingerprint density at radius 3 is 2.06 bits per heavy atom. The van der Waals surface area contributed by atoms with Crippen LogP contribution in [0.2, 0.25) is 0 Å². The average molecular weight is 443 g/mol. The van der Waals surface area contributed by atoms with Gasteiger partial charge in [-0.25, -0.2) is 0 Å². The quantitative estimate of drug-likeness (QED) is 0.248. The minimum Gasteiger partial charge on any atom is -0.508 e. The summed E-state index contributed by atoms with van der Waals surface area (Å²) < 4.78 is 0. The van der Waals surface area contributed by atoms with Crippen molar-refractivity contribution in [1.29, 1.82) is 0 Å². The first-order valence-corrected chi connectivity index (χ1v) is 11.5. The Hall–Kier alpha value is -2.82. The number of rotatable bonds is 8. The fourth-order valence-corrected chi connectivity index (χ4v) is 3.01. The summed E-state index contributed by atoms with van der Waals surface area (Å²) in [5.74, 6) is -0.430. The summed E-state index contributed by atoms with van der Waals surface area (Å²) in [5.41, 5.74) is -0.0110. The molecule has 0 heterocycles. The van der Waals surface area contributed by atoms with Crippen molar-refractivity contribution in [1.82, 2.24) is 5.32 Å². The Balaban J connectivity index is 0.00000227. The zero-order chi connectivity index (χ0) is 24.9. The van der Waals surface area contributed by atoms with Crippen molar-refractivity contribution >= 4 is 17.5 Å². The van der Waals surface area contributed by atoms with E-state index in [1.54, 1.807) is 18.2 Å². The van der Waals surface area contributed by atoms with E-state index < -0.39 is 11.0 Å². The molecule has 1 fully saturated rings. The van der Waals surface area contributed by atoms with Gasteiger partial charge < -0.3 is 15.7 Å². The van der Waals surface area contributed by atoms with E-state index in [2.05, 4.69) is 17.2 Å². The highest BCUT2D eigenvalue weighted by Gasteiger charge is 2.57. The van der Waals surface area contributed by atoms with Crippen LogP contribution in [-0.4, -0.2) is 22.5 Å². The number of anilines is 1. The SMILES string of the molecule is C=C/C(=C\C=C/C)C(C)C(C)(C)NC(=O)C1(C(=O)Nc2ccc(O)cc2)CC1.CC.CC. The molecule has 178 valence electrons. The highest BCUT2D eigenvalue weighted by Crippen LogP contribution is 2.47. The fraction of sp³-hybridized carbons (Fsp3) is 0.481. The van der Waals surface area contributed by atoms with E-state index in [-0.39, 0.29) is 23.5 Å². The first kappa shape index (κ1) is 29.2. The number of benzene rings is 1. The number of hydrogen-bond donors (Lipinski definition) is 3. The van der Waals surface area contributed by atoms with E-state index in [4.69, 9.17) is 0 Å². The lowest BCUT2D eigenvalue weighted by Crippen LogP contribution is -2.53. The fourth-order valence-electron chi connectivity index (χ4n) is 3.01. The smallest absolute Gasteiger partial charge is 0.240 e. The molecular weight excluding hydrogens is 400 g/mol. The summed E-state index contributed by atoms with van der Waals surface area (Å²) in [5, 5.41) is 15.2. The topological polar surface area (TPSA) is 78.4 Å². The van der Waals surface area contributed by atoms with E-state index in [0.717, 1.165) is 5.57 Å². The summed E-state index contributed by atoms with van der Waals surface area (Å²) in [6.45, 7) is 19.8. The lowest BCUT2D eigenvalue weighted by atomic mass is 9.82. The third-order valence-electron chi connectivity index (χ3n) is 5.48. The first-order chi connectivity index (χ1) is 15.2. The molecule has 0 bridgehead atoms. The number of allylic oxidation sites excluding steroid dienone is 4. The second kappa shape index (κ2) is 13.6.